The number of nitrogens with zero attached hydrogens (tertiary/aromatic N) is 3. The highest BCUT2D eigenvalue weighted by Crippen LogP contribution is 2.39. The van der Waals surface area contributed by atoms with Gasteiger partial charge < -0.3 is 25.3 Å². The molecule has 5 rings (SSSR count). The van der Waals surface area contributed by atoms with Crippen molar-refractivity contribution in [3.8, 4) is 0 Å². The summed E-state index contributed by atoms with van der Waals surface area (Å²) < 4.78 is 0. The molecule has 202 valence electrons. The molecule has 39 heavy (non-hydrogen) atoms. The van der Waals surface area contributed by atoms with Gasteiger partial charge in [0.15, 0.2) is 0 Å². The monoisotopic (exact) mass is 525 g/mol. The smallest absolute Gasteiger partial charge is 0.321 e. The van der Waals surface area contributed by atoms with Gasteiger partial charge in [-0.3, -0.25) is 9.59 Å². The van der Waals surface area contributed by atoms with Crippen LogP contribution in [0.3, 0.4) is 0 Å². The molecule has 8 heteroatoms. The molecule has 3 aromatic rings. The van der Waals surface area contributed by atoms with Crippen molar-refractivity contribution in [2.24, 2.45) is 0 Å². The minimum absolute atomic E-state index is 0.0152. The fraction of sp³-hybridized carbons (Fsp3) is 0.323. The van der Waals surface area contributed by atoms with Crippen LogP contribution in [0.2, 0.25) is 0 Å². The van der Waals surface area contributed by atoms with E-state index in [0.717, 1.165) is 22.5 Å². The van der Waals surface area contributed by atoms with E-state index in [9.17, 15) is 14.4 Å². The van der Waals surface area contributed by atoms with Crippen LogP contribution in [0.25, 0.3) is 0 Å². The van der Waals surface area contributed by atoms with Crippen LogP contribution in [-0.4, -0.2) is 59.5 Å². The number of rotatable bonds is 6. The zero-order valence-corrected chi connectivity index (χ0v) is 22.5. The number of hydrogen-bond acceptors (Lipinski definition) is 4. The molecule has 2 saturated heterocycles. The molecular formula is C31H35N5O3. The van der Waals surface area contributed by atoms with Crippen molar-refractivity contribution in [2.75, 3.05) is 36.5 Å². The van der Waals surface area contributed by atoms with E-state index in [-0.39, 0.29) is 30.4 Å². The van der Waals surface area contributed by atoms with Crippen molar-refractivity contribution in [1.29, 1.82) is 0 Å². The zero-order valence-electron chi connectivity index (χ0n) is 22.5. The summed E-state index contributed by atoms with van der Waals surface area (Å²) in [5.74, 6) is -0.257. The quantitative estimate of drug-likeness (QED) is 0.495. The zero-order chi connectivity index (χ0) is 27.4. The van der Waals surface area contributed by atoms with Gasteiger partial charge in [-0.05, 0) is 62.1 Å². The molecule has 2 N–H and O–H groups in total. The Bertz CT molecular complexity index is 1320. The lowest BCUT2D eigenvalue weighted by Crippen LogP contribution is -2.58. The first-order valence-corrected chi connectivity index (χ1v) is 13.4. The van der Waals surface area contributed by atoms with Gasteiger partial charge in [-0.25, -0.2) is 4.79 Å². The van der Waals surface area contributed by atoms with Crippen molar-refractivity contribution >= 4 is 29.2 Å². The van der Waals surface area contributed by atoms with Gasteiger partial charge in [-0.2, -0.15) is 0 Å². The average molecular weight is 526 g/mol. The standard InChI is InChI=1S/C31H35N5O3/c1-23-10-9-13-26(20-23)33-30(39)34-18-16-31(17-19-34)29(38)35(22-36(31)27-14-7-4-8-15-27)21-28(37)32-24(2)25-11-5-3-6-12-25/h3-15,20,24H,16-19,21-22H2,1-2H3,(H,32,37)(H,33,39). The predicted molar refractivity (Wildman–Crippen MR) is 152 cm³/mol. The molecule has 2 aliphatic heterocycles. The predicted octanol–water partition coefficient (Wildman–Crippen LogP) is 4.55. The number of carbonyl (C=O) groups excluding carboxylic acids is 3. The maximum absolute atomic E-state index is 13.9. The van der Waals surface area contributed by atoms with Crippen LogP contribution in [0, 0.1) is 6.92 Å². The maximum Gasteiger partial charge on any atom is 0.321 e. The Kier molecular flexibility index (Phi) is 7.54. The largest absolute Gasteiger partial charge is 0.348 e. The second-order valence-electron chi connectivity index (χ2n) is 10.4. The lowest BCUT2D eigenvalue weighted by molar-refractivity contribution is -0.137. The van der Waals surface area contributed by atoms with E-state index in [4.69, 9.17) is 0 Å². The number of benzene rings is 3. The maximum atomic E-state index is 13.9. The second kappa shape index (κ2) is 11.2. The Hall–Kier alpha value is -4.33. The number of anilines is 2. The number of piperidine rings is 1. The molecule has 0 aromatic heterocycles. The van der Waals surface area contributed by atoms with E-state index < -0.39 is 5.54 Å². The lowest BCUT2D eigenvalue weighted by atomic mass is 9.85. The molecule has 8 nitrogen and oxygen atoms in total. The van der Waals surface area contributed by atoms with E-state index in [0.29, 0.717) is 32.6 Å². The van der Waals surface area contributed by atoms with E-state index >= 15 is 0 Å². The minimum Gasteiger partial charge on any atom is -0.348 e. The Morgan fingerprint density at radius 3 is 2.26 bits per heavy atom. The van der Waals surface area contributed by atoms with Gasteiger partial charge >= 0.3 is 6.03 Å². The molecule has 0 radical (unpaired) electrons. The summed E-state index contributed by atoms with van der Waals surface area (Å²) in [6.07, 6.45) is 0.973. The third kappa shape index (κ3) is 5.60. The number of aryl methyl sites for hydroxylation is 1. The second-order valence-corrected chi connectivity index (χ2v) is 10.4. The van der Waals surface area contributed by atoms with E-state index in [2.05, 4.69) is 15.5 Å². The van der Waals surface area contributed by atoms with Gasteiger partial charge in [-0.15, -0.1) is 0 Å². The molecule has 4 amide bonds. The van der Waals surface area contributed by atoms with E-state index in [1.54, 1.807) is 9.80 Å². The van der Waals surface area contributed by atoms with Crippen LogP contribution in [-0.2, 0) is 9.59 Å². The van der Waals surface area contributed by atoms with Gasteiger partial charge in [0, 0.05) is 24.5 Å². The van der Waals surface area contributed by atoms with Gasteiger partial charge in [0.2, 0.25) is 5.91 Å². The summed E-state index contributed by atoms with van der Waals surface area (Å²) in [7, 11) is 0. The van der Waals surface area contributed by atoms with Crippen LogP contribution in [0.5, 0.6) is 0 Å². The average Bonchev–Trinajstić information content (AvgIpc) is 3.20. The minimum atomic E-state index is -0.799. The number of likely N-dealkylation sites (tertiary alicyclic amines) is 1. The molecule has 2 fully saturated rings. The van der Waals surface area contributed by atoms with E-state index in [1.807, 2.05) is 98.8 Å². The summed E-state index contributed by atoms with van der Waals surface area (Å²) in [4.78, 5) is 45.5. The molecule has 0 bridgehead atoms. The first kappa shape index (κ1) is 26.3. The Morgan fingerprint density at radius 2 is 1.59 bits per heavy atom. The first-order chi connectivity index (χ1) is 18.9. The van der Waals surface area contributed by atoms with Gasteiger partial charge in [0.1, 0.15) is 12.1 Å². The summed E-state index contributed by atoms with van der Waals surface area (Å²) in [5, 5.41) is 6.00. The summed E-state index contributed by atoms with van der Waals surface area (Å²) in [6, 6.07) is 27.0. The van der Waals surface area contributed by atoms with Crippen LogP contribution in [0.15, 0.2) is 84.9 Å². The van der Waals surface area contributed by atoms with E-state index in [1.165, 1.54) is 0 Å². The summed E-state index contributed by atoms with van der Waals surface area (Å²) in [5.41, 5.74) is 2.97. The number of hydrogen-bond donors (Lipinski definition) is 2. The molecule has 0 aliphatic carbocycles. The number of para-hydroxylation sites is 1. The topological polar surface area (TPSA) is 85.0 Å². The highest BCUT2D eigenvalue weighted by Gasteiger charge is 2.54. The van der Waals surface area contributed by atoms with Crippen molar-refractivity contribution in [3.05, 3.63) is 96.1 Å². The molecule has 0 saturated carbocycles. The molecule has 1 spiro atoms. The van der Waals surface area contributed by atoms with Gasteiger partial charge in [-0.1, -0.05) is 60.7 Å². The molecule has 1 atom stereocenters. The molecule has 1 unspecified atom stereocenters. The van der Waals surface area contributed by atoms with Crippen molar-refractivity contribution in [1.82, 2.24) is 15.1 Å². The Balaban J connectivity index is 1.29. The fourth-order valence-electron chi connectivity index (χ4n) is 5.61. The third-order valence-electron chi connectivity index (χ3n) is 7.74. The Labute approximate surface area is 229 Å². The normalized spacial score (nSPS) is 17.3. The van der Waals surface area contributed by atoms with Crippen molar-refractivity contribution < 1.29 is 14.4 Å². The third-order valence-corrected chi connectivity index (χ3v) is 7.74. The number of amides is 4. The summed E-state index contributed by atoms with van der Waals surface area (Å²) >= 11 is 0. The lowest BCUT2D eigenvalue weighted by Gasteiger charge is -2.43. The molecule has 2 heterocycles. The van der Waals surface area contributed by atoms with Crippen molar-refractivity contribution in [3.63, 3.8) is 0 Å². The fourth-order valence-corrected chi connectivity index (χ4v) is 5.61. The molecule has 2 aliphatic rings. The molecule has 3 aromatic carbocycles. The number of nitrogens with one attached hydrogen (secondary N) is 2. The van der Waals surface area contributed by atoms with Gasteiger partial charge in [0.25, 0.3) is 5.91 Å². The highest BCUT2D eigenvalue weighted by molar-refractivity contribution is 5.97. The SMILES string of the molecule is Cc1cccc(NC(=O)N2CCC3(CC2)C(=O)N(CC(=O)NC(C)c2ccccc2)CN3c2ccccc2)c1. The van der Waals surface area contributed by atoms with Crippen LogP contribution >= 0.6 is 0 Å². The summed E-state index contributed by atoms with van der Waals surface area (Å²) in [6.45, 7) is 5.12. The Morgan fingerprint density at radius 1 is 0.923 bits per heavy atom. The van der Waals surface area contributed by atoms with Crippen LogP contribution < -0.4 is 15.5 Å². The van der Waals surface area contributed by atoms with Crippen LogP contribution in [0.1, 0.15) is 36.9 Å². The highest BCUT2D eigenvalue weighted by atomic mass is 16.2. The van der Waals surface area contributed by atoms with Crippen molar-refractivity contribution in [2.45, 2.75) is 38.3 Å². The molecular weight excluding hydrogens is 490 g/mol. The number of urea groups is 1. The van der Waals surface area contributed by atoms with Crippen LogP contribution in [0.4, 0.5) is 16.2 Å². The van der Waals surface area contributed by atoms with Gasteiger partial charge in [0.05, 0.1) is 12.7 Å². The first-order valence-electron chi connectivity index (χ1n) is 13.4. The number of carbonyl (C=O) groups is 3.